The van der Waals surface area contributed by atoms with Crippen LogP contribution < -0.4 is 5.32 Å². The van der Waals surface area contributed by atoms with Crippen LogP contribution in [-0.4, -0.2) is 35.4 Å². The van der Waals surface area contributed by atoms with Gasteiger partial charge in [0.25, 0.3) is 0 Å². The van der Waals surface area contributed by atoms with Crippen LogP contribution in [0.1, 0.15) is 30.5 Å². The summed E-state index contributed by atoms with van der Waals surface area (Å²) in [5.74, 6) is 0.431. The Morgan fingerprint density at radius 2 is 2.44 bits per heavy atom. The van der Waals surface area contributed by atoms with Gasteiger partial charge in [-0.05, 0) is 33.2 Å². The van der Waals surface area contributed by atoms with Crippen LogP contribution in [0.3, 0.4) is 0 Å². The first-order valence-corrected chi connectivity index (χ1v) is 7.33. The Balaban J connectivity index is 1.91. The Morgan fingerprint density at radius 3 is 3.06 bits per heavy atom. The molecule has 5 heteroatoms. The van der Waals surface area contributed by atoms with Crippen molar-refractivity contribution >= 4 is 17.2 Å². The molecule has 1 aromatic rings. The highest BCUT2D eigenvalue weighted by atomic mass is 32.1. The third-order valence-corrected chi connectivity index (χ3v) is 4.24. The molecule has 1 amide bonds. The molecule has 2 unspecified atom stereocenters. The zero-order chi connectivity index (χ0) is 13.1. The molecule has 1 aliphatic heterocycles. The number of hydrogen-bond acceptors (Lipinski definition) is 4. The van der Waals surface area contributed by atoms with Gasteiger partial charge in [0.15, 0.2) is 0 Å². The van der Waals surface area contributed by atoms with Crippen LogP contribution in [0, 0.1) is 12.8 Å². The SMILES string of the molecule is Cc1nc(CN(C)C(=O)C2CCNC(C)C2)cs1. The molecule has 0 aliphatic carbocycles. The Bertz CT molecular complexity index is 418. The Kier molecular flexibility index (Phi) is 4.35. The van der Waals surface area contributed by atoms with Crippen molar-refractivity contribution in [1.82, 2.24) is 15.2 Å². The van der Waals surface area contributed by atoms with Crippen LogP contribution in [0.2, 0.25) is 0 Å². The van der Waals surface area contributed by atoms with Crippen molar-refractivity contribution in [3.05, 3.63) is 16.1 Å². The first kappa shape index (κ1) is 13.5. The summed E-state index contributed by atoms with van der Waals surface area (Å²) in [6.07, 6.45) is 1.89. The highest BCUT2D eigenvalue weighted by molar-refractivity contribution is 7.09. The van der Waals surface area contributed by atoms with Gasteiger partial charge in [0.2, 0.25) is 5.91 Å². The molecule has 0 radical (unpaired) electrons. The highest BCUT2D eigenvalue weighted by Gasteiger charge is 2.27. The van der Waals surface area contributed by atoms with Gasteiger partial charge in [-0.25, -0.2) is 4.98 Å². The number of rotatable bonds is 3. The number of nitrogens with zero attached hydrogens (tertiary/aromatic N) is 2. The summed E-state index contributed by atoms with van der Waals surface area (Å²) in [5, 5.41) is 6.47. The van der Waals surface area contributed by atoms with E-state index in [2.05, 4.69) is 17.2 Å². The quantitative estimate of drug-likeness (QED) is 0.908. The van der Waals surface area contributed by atoms with Crippen molar-refractivity contribution < 1.29 is 4.79 Å². The fourth-order valence-electron chi connectivity index (χ4n) is 2.47. The van der Waals surface area contributed by atoms with Crippen LogP contribution in [0.15, 0.2) is 5.38 Å². The van der Waals surface area contributed by atoms with E-state index in [9.17, 15) is 4.79 Å². The van der Waals surface area contributed by atoms with Crippen molar-refractivity contribution in [2.45, 2.75) is 39.3 Å². The van der Waals surface area contributed by atoms with E-state index in [0.29, 0.717) is 12.6 Å². The van der Waals surface area contributed by atoms with E-state index in [1.165, 1.54) is 0 Å². The minimum Gasteiger partial charge on any atom is -0.340 e. The van der Waals surface area contributed by atoms with Gasteiger partial charge in [-0.3, -0.25) is 4.79 Å². The lowest BCUT2D eigenvalue weighted by molar-refractivity contribution is -0.135. The van der Waals surface area contributed by atoms with Gasteiger partial charge in [0.1, 0.15) is 0 Å². The van der Waals surface area contributed by atoms with Gasteiger partial charge in [0, 0.05) is 24.4 Å². The summed E-state index contributed by atoms with van der Waals surface area (Å²) in [6, 6.07) is 0.447. The molecule has 1 N–H and O–H groups in total. The predicted octanol–water partition coefficient (Wildman–Crippen LogP) is 1.80. The molecule has 0 spiro atoms. The number of thiazole rings is 1. The second-order valence-corrected chi connectivity index (χ2v) is 6.19. The zero-order valence-corrected chi connectivity index (χ0v) is 12.1. The van der Waals surface area contributed by atoms with E-state index in [0.717, 1.165) is 30.1 Å². The van der Waals surface area contributed by atoms with E-state index < -0.39 is 0 Å². The Hall–Kier alpha value is -0.940. The first-order valence-electron chi connectivity index (χ1n) is 6.45. The molecule has 2 atom stereocenters. The molecule has 0 saturated carbocycles. The van der Waals surface area contributed by atoms with E-state index in [4.69, 9.17) is 0 Å². The topological polar surface area (TPSA) is 45.2 Å². The summed E-state index contributed by atoms with van der Waals surface area (Å²) in [6.45, 7) is 5.70. The van der Waals surface area contributed by atoms with Gasteiger partial charge in [-0.15, -0.1) is 11.3 Å². The van der Waals surface area contributed by atoms with Gasteiger partial charge in [-0.1, -0.05) is 0 Å². The molecule has 1 fully saturated rings. The number of aryl methyl sites for hydroxylation is 1. The summed E-state index contributed by atoms with van der Waals surface area (Å²) in [5.41, 5.74) is 0.996. The molecule has 0 aromatic carbocycles. The van der Waals surface area contributed by atoms with Gasteiger partial charge in [-0.2, -0.15) is 0 Å². The smallest absolute Gasteiger partial charge is 0.225 e. The van der Waals surface area contributed by atoms with E-state index in [1.54, 1.807) is 11.3 Å². The minimum atomic E-state index is 0.172. The summed E-state index contributed by atoms with van der Waals surface area (Å²) in [4.78, 5) is 18.6. The van der Waals surface area contributed by atoms with Crippen molar-refractivity contribution in [2.24, 2.45) is 5.92 Å². The van der Waals surface area contributed by atoms with Crippen molar-refractivity contribution in [3.63, 3.8) is 0 Å². The number of piperidine rings is 1. The van der Waals surface area contributed by atoms with Gasteiger partial charge >= 0.3 is 0 Å². The molecule has 100 valence electrons. The van der Waals surface area contributed by atoms with Crippen LogP contribution in [0.4, 0.5) is 0 Å². The van der Waals surface area contributed by atoms with Crippen LogP contribution in [-0.2, 0) is 11.3 Å². The maximum absolute atomic E-state index is 12.3. The standard InChI is InChI=1S/C13H21N3OS/c1-9-6-11(4-5-14-9)13(17)16(3)7-12-8-18-10(2)15-12/h8-9,11,14H,4-7H2,1-3H3. The molecule has 4 nitrogen and oxygen atoms in total. The van der Waals surface area contributed by atoms with Crippen molar-refractivity contribution in [3.8, 4) is 0 Å². The molecular formula is C13H21N3OS. The summed E-state index contributed by atoms with van der Waals surface area (Å²) < 4.78 is 0. The maximum Gasteiger partial charge on any atom is 0.225 e. The summed E-state index contributed by atoms with van der Waals surface area (Å²) in [7, 11) is 1.88. The second kappa shape index (κ2) is 5.80. The molecule has 18 heavy (non-hydrogen) atoms. The van der Waals surface area contributed by atoms with E-state index >= 15 is 0 Å². The lowest BCUT2D eigenvalue weighted by Gasteiger charge is -2.30. The molecule has 1 aromatic heterocycles. The number of aromatic nitrogens is 1. The third kappa shape index (κ3) is 3.29. The Morgan fingerprint density at radius 1 is 1.67 bits per heavy atom. The number of hydrogen-bond donors (Lipinski definition) is 1. The maximum atomic E-state index is 12.3. The van der Waals surface area contributed by atoms with Crippen LogP contribution >= 0.6 is 11.3 Å². The fourth-order valence-corrected chi connectivity index (χ4v) is 3.07. The van der Waals surface area contributed by atoms with Crippen molar-refractivity contribution in [2.75, 3.05) is 13.6 Å². The highest BCUT2D eigenvalue weighted by Crippen LogP contribution is 2.19. The fraction of sp³-hybridized carbons (Fsp3) is 0.692. The normalized spacial score (nSPS) is 23.9. The second-order valence-electron chi connectivity index (χ2n) is 5.13. The number of amides is 1. The molecule has 1 saturated heterocycles. The average Bonchev–Trinajstić information content (AvgIpc) is 2.73. The largest absolute Gasteiger partial charge is 0.340 e. The number of carbonyl (C=O) groups is 1. The Labute approximate surface area is 112 Å². The molecule has 2 heterocycles. The molecular weight excluding hydrogens is 246 g/mol. The zero-order valence-electron chi connectivity index (χ0n) is 11.3. The lowest BCUT2D eigenvalue weighted by atomic mass is 9.92. The monoisotopic (exact) mass is 267 g/mol. The van der Waals surface area contributed by atoms with Crippen LogP contribution in [0.5, 0.6) is 0 Å². The van der Waals surface area contributed by atoms with Crippen molar-refractivity contribution in [1.29, 1.82) is 0 Å². The predicted molar refractivity (Wildman–Crippen MR) is 73.5 cm³/mol. The number of carbonyl (C=O) groups excluding carboxylic acids is 1. The molecule has 2 rings (SSSR count). The average molecular weight is 267 g/mol. The minimum absolute atomic E-state index is 0.172. The first-order chi connectivity index (χ1) is 8.56. The molecule has 0 bridgehead atoms. The number of nitrogens with one attached hydrogen (secondary N) is 1. The van der Waals surface area contributed by atoms with Gasteiger partial charge in [0.05, 0.1) is 17.2 Å². The van der Waals surface area contributed by atoms with E-state index in [1.807, 2.05) is 24.3 Å². The lowest BCUT2D eigenvalue weighted by Crippen LogP contribution is -2.42. The van der Waals surface area contributed by atoms with Crippen LogP contribution in [0.25, 0.3) is 0 Å². The summed E-state index contributed by atoms with van der Waals surface area (Å²) >= 11 is 1.64. The molecule has 1 aliphatic rings. The third-order valence-electron chi connectivity index (χ3n) is 3.41. The van der Waals surface area contributed by atoms with Gasteiger partial charge < -0.3 is 10.2 Å². The van der Waals surface area contributed by atoms with E-state index in [-0.39, 0.29) is 11.8 Å².